The number of amides is 1. The van der Waals surface area contributed by atoms with Crippen LogP contribution in [0.2, 0.25) is 0 Å². The molecule has 6 nitrogen and oxygen atoms in total. The first-order chi connectivity index (χ1) is 12.6. The van der Waals surface area contributed by atoms with Gasteiger partial charge in [0.15, 0.2) is 0 Å². The predicted octanol–water partition coefficient (Wildman–Crippen LogP) is 3.91. The summed E-state index contributed by atoms with van der Waals surface area (Å²) >= 11 is 0. The van der Waals surface area contributed by atoms with Crippen molar-refractivity contribution in [3.63, 3.8) is 0 Å². The summed E-state index contributed by atoms with van der Waals surface area (Å²) in [7, 11) is 3.18. The second kappa shape index (κ2) is 7.74. The standard InChI is InChI=1S/C20H21N3O3/c1-4-13-5-7-14(8-6-13)21-20(24)18-12-17(22-23-18)16-10-9-15(25-2)11-19(16)26-3/h5-12H,4H2,1-3H3,(H,21,24)(H,22,23). The van der Waals surface area contributed by atoms with E-state index in [0.29, 0.717) is 22.9 Å². The molecular formula is C20H21N3O3. The van der Waals surface area contributed by atoms with E-state index in [1.807, 2.05) is 36.4 Å². The number of nitrogens with one attached hydrogen (secondary N) is 2. The molecule has 0 aliphatic carbocycles. The predicted molar refractivity (Wildman–Crippen MR) is 101 cm³/mol. The lowest BCUT2D eigenvalue weighted by molar-refractivity contribution is 0.102. The van der Waals surface area contributed by atoms with Crippen molar-refractivity contribution >= 4 is 11.6 Å². The fraction of sp³-hybridized carbons (Fsp3) is 0.200. The van der Waals surface area contributed by atoms with Crippen LogP contribution in [-0.2, 0) is 6.42 Å². The van der Waals surface area contributed by atoms with Gasteiger partial charge in [-0.3, -0.25) is 9.89 Å². The molecule has 2 N–H and O–H groups in total. The monoisotopic (exact) mass is 351 g/mol. The fourth-order valence-corrected chi connectivity index (χ4v) is 2.61. The Morgan fingerprint density at radius 2 is 1.85 bits per heavy atom. The Morgan fingerprint density at radius 1 is 1.08 bits per heavy atom. The van der Waals surface area contributed by atoms with E-state index in [-0.39, 0.29) is 5.91 Å². The molecule has 0 unspecified atom stereocenters. The highest BCUT2D eigenvalue weighted by atomic mass is 16.5. The summed E-state index contributed by atoms with van der Waals surface area (Å²) in [4.78, 5) is 12.4. The van der Waals surface area contributed by atoms with Crippen molar-refractivity contribution < 1.29 is 14.3 Å². The van der Waals surface area contributed by atoms with Crippen molar-refractivity contribution in [2.24, 2.45) is 0 Å². The van der Waals surface area contributed by atoms with Crippen LogP contribution in [0.1, 0.15) is 23.0 Å². The van der Waals surface area contributed by atoms with Crippen LogP contribution in [0.15, 0.2) is 48.5 Å². The maximum atomic E-state index is 12.4. The Hall–Kier alpha value is -3.28. The average molecular weight is 351 g/mol. The van der Waals surface area contributed by atoms with E-state index in [9.17, 15) is 4.79 Å². The summed E-state index contributed by atoms with van der Waals surface area (Å²) in [5.41, 5.74) is 3.73. The highest BCUT2D eigenvalue weighted by Crippen LogP contribution is 2.32. The molecule has 3 aromatic rings. The molecule has 0 spiro atoms. The Bertz CT molecular complexity index is 901. The molecule has 6 heteroatoms. The van der Waals surface area contributed by atoms with Crippen LogP contribution in [0, 0.1) is 0 Å². The molecular weight excluding hydrogens is 330 g/mol. The Morgan fingerprint density at radius 3 is 2.50 bits per heavy atom. The normalized spacial score (nSPS) is 10.4. The molecule has 1 heterocycles. The smallest absolute Gasteiger partial charge is 0.273 e. The lowest BCUT2D eigenvalue weighted by Crippen LogP contribution is -2.12. The van der Waals surface area contributed by atoms with Crippen LogP contribution in [0.5, 0.6) is 11.5 Å². The van der Waals surface area contributed by atoms with E-state index in [0.717, 1.165) is 17.7 Å². The van der Waals surface area contributed by atoms with Crippen LogP contribution >= 0.6 is 0 Å². The fourth-order valence-electron chi connectivity index (χ4n) is 2.61. The van der Waals surface area contributed by atoms with Crippen molar-refractivity contribution in [3.05, 3.63) is 59.8 Å². The highest BCUT2D eigenvalue weighted by molar-refractivity contribution is 6.03. The Labute approximate surface area is 152 Å². The molecule has 0 atom stereocenters. The molecule has 0 aliphatic heterocycles. The number of benzene rings is 2. The third-order valence-electron chi connectivity index (χ3n) is 4.13. The molecule has 3 rings (SSSR count). The number of aromatic nitrogens is 2. The van der Waals surface area contributed by atoms with Gasteiger partial charge in [0.05, 0.1) is 19.9 Å². The van der Waals surface area contributed by atoms with Crippen LogP contribution in [-0.4, -0.2) is 30.3 Å². The van der Waals surface area contributed by atoms with Gasteiger partial charge in [-0.25, -0.2) is 0 Å². The second-order valence-electron chi connectivity index (χ2n) is 5.74. The number of aryl methyl sites for hydroxylation is 1. The van der Waals surface area contributed by atoms with E-state index >= 15 is 0 Å². The van der Waals surface area contributed by atoms with Crippen LogP contribution in [0.25, 0.3) is 11.3 Å². The number of methoxy groups -OCH3 is 2. The lowest BCUT2D eigenvalue weighted by Gasteiger charge is -2.08. The number of carbonyl (C=O) groups excluding carboxylic acids is 1. The SMILES string of the molecule is CCc1ccc(NC(=O)c2cc(-c3ccc(OC)cc3OC)n[nH]2)cc1. The minimum Gasteiger partial charge on any atom is -0.497 e. The number of H-pyrrole nitrogens is 1. The third-order valence-corrected chi connectivity index (χ3v) is 4.13. The number of carbonyl (C=O) groups is 1. The first-order valence-corrected chi connectivity index (χ1v) is 8.32. The summed E-state index contributed by atoms with van der Waals surface area (Å²) in [6, 6.07) is 14.9. The van der Waals surface area contributed by atoms with E-state index < -0.39 is 0 Å². The van der Waals surface area contributed by atoms with Crippen LogP contribution in [0.3, 0.4) is 0 Å². The van der Waals surface area contributed by atoms with Crippen molar-refractivity contribution in [1.82, 2.24) is 10.2 Å². The molecule has 0 fully saturated rings. The maximum absolute atomic E-state index is 12.4. The molecule has 0 bridgehead atoms. The zero-order chi connectivity index (χ0) is 18.5. The van der Waals surface area contributed by atoms with Gasteiger partial charge in [0, 0.05) is 17.3 Å². The number of aromatic amines is 1. The molecule has 26 heavy (non-hydrogen) atoms. The quantitative estimate of drug-likeness (QED) is 0.706. The first kappa shape index (κ1) is 17.5. The van der Waals surface area contributed by atoms with Crippen LogP contribution < -0.4 is 14.8 Å². The van der Waals surface area contributed by atoms with Gasteiger partial charge in [0.25, 0.3) is 5.91 Å². The van der Waals surface area contributed by atoms with Gasteiger partial charge in [-0.1, -0.05) is 19.1 Å². The maximum Gasteiger partial charge on any atom is 0.273 e. The average Bonchev–Trinajstić information content (AvgIpc) is 3.18. The Balaban J connectivity index is 1.79. The van der Waals surface area contributed by atoms with E-state index in [1.165, 1.54) is 5.56 Å². The summed E-state index contributed by atoms with van der Waals surface area (Å²) < 4.78 is 10.6. The Kier molecular flexibility index (Phi) is 5.22. The van der Waals surface area contributed by atoms with Crippen molar-refractivity contribution in [2.75, 3.05) is 19.5 Å². The molecule has 0 saturated carbocycles. The number of hydrogen-bond acceptors (Lipinski definition) is 4. The summed E-state index contributed by atoms with van der Waals surface area (Å²) in [5, 5.41) is 9.87. The summed E-state index contributed by atoms with van der Waals surface area (Å²) in [6.07, 6.45) is 0.960. The number of rotatable bonds is 6. The van der Waals surface area contributed by atoms with Gasteiger partial charge in [-0.2, -0.15) is 5.10 Å². The lowest BCUT2D eigenvalue weighted by atomic mass is 10.1. The van der Waals surface area contributed by atoms with Gasteiger partial charge >= 0.3 is 0 Å². The number of anilines is 1. The van der Waals surface area contributed by atoms with E-state index in [2.05, 4.69) is 22.4 Å². The number of nitrogens with zero attached hydrogens (tertiary/aromatic N) is 1. The number of hydrogen-bond donors (Lipinski definition) is 2. The molecule has 2 aromatic carbocycles. The molecule has 134 valence electrons. The minimum atomic E-state index is -0.250. The molecule has 1 amide bonds. The molecule has 0 saturated heterocycles. The van der Waals surface area contributed by atoms with Crippen LogP contribution in [0.4, 0.5) is 5.69 Å². The van der Waals surface area contributed by atoms with Gasteiger partial charge in [0.2, 0.25) is 0 Å². The molecule has 0 aliphatic rings. The van der Waals surface area contributed by atoms with Crippen molar-refractivity contribution in [1.29, 1.82) is 0 Å². The van der Waals surface area contributed by atoms with Gasteiger partial charge < -0.3 is 14.8 Å². The third kappa shape index (κ3) is 3.69. The second-order valence-corrected chi connectivity index (χ2v) is 5.74. The van der Waals surface area contributed by atoms with E-state index in [4.69, 9.17) is 9.47 Å². The van der Waals surface area contributed by atoms with Gasteiger partial charge in [0.1, 0.15) is 17.2 Å². The zero-order valence-electron chi connectivity index (χ0n) is 15.0. The minimum absolute atomic E-state index is 0.250. The first-order valence-electron chi connectivity index (χ1n) is 8.32. The summed E-state index contributed by atoms with van der Waals surface area (Å²) in [6.45, 7) is 2.09. The molecule has 1 aromatic heterocycles. The van der Waals surface area contributed by atoms with E-state index in [1.54, 1.807) is 26.4 Å². The van der Waals surface area contributed by atoms with Crippen molar-refractivity contribution in [3.8, 4) is 22.8 Å². The van der Waals surface area contributed by atoms with Gasteiger partial charge in [-0.15, -0.1) is 0 Å². The largest absolute Gasteiger partial charge is 0.497 e. The molecule has 0 radical (unpaired) electrons. The summed E-state index contributed by atoms with van der Waals surface area (Å²) in [5.74, 6) is 1.06. The number of ether oxygens (including phenoxy) is 2. The van der Waals surface area contributed by atoms with Crippen molar-refractivity contribution in [2.45, 2.75) is 13.3 Å². The highest BCUT2D eigenvalue weighted by Gasteiger charge is 2.15. The zero-order valence-corrected chi connectivity index (χ0v) is 15.0. The van der Waals surface area contributed by atoms with Gasteiger partial charge in [-0.05, 0) is 42.3 Å². The topological polar surface area (TPSA) is 76.2 Å².